The van der Waals surface area contributed by atoms with Crippen LogP contribution in [0.25, 0.3) is 0 Å². The first kappa shape index (κ1) is 14.8. The second-order valence-corrected chi connectivity index (χ2v) is 16.8. The second-order valence-electron chi connectivity index (χ2n) is 6.11. The molecule has 0 aliphatic heterocycles. The van der Waals surface area contributed by atoms with Crippen LogP contribution in [0.4, 0.5) is 0 Å². The van der Waals surface area contributed by atoms with Gasteiger partial charge >= 0.3 is 130 Å². The molecule has 0 saturated heterocycles. The maximum atomic E-state index is 2.43. The van der Waals surface area contributed by atoms with Crippen molar-refractivity contribution in [2.75, 3.05) is 0 Å². The predicted molar refractivity (Wildman–Crippen MR) is 84.7 cm³/mol. The van der Waals surface area contributed by atoms with Crippen LogP contribution in [-0.4, -0.2) is 24.2 Å². The Hall–Kier alpha value is -0.638. The van der Waals surface area contributed by atoms with Gasteiger partial charge in [-0.1, -0.05) is 0 Å². The summed E-state index contributed by atoms with van der Waals surface area (Å²) in [6.45, 7) is 9.71. The molecular formula is C18H22Pb. The van der Waals surface area contributed by atoms with Gasteiger partial charge in [0.05, 0.1) is 0 Å². The van der Waals surface area contributed by atoms with Crippen molar-refractivity contribution in [3.63, 3.8) is 0 Å². The zero-order valence-electron chi connectivity index (χ0n) is 12.3. The fraction of sp³-hybridized carbons (Fsp3) is 0.333. The van der Waals surface area contributed by atoms with Crippen molar-refractivity contribution in [1.82, 2.24) is 0 Å². The fourth-order valence-corrected chi connectivity index (χ4v) is 11.1. The molecule has 0 fully saturated rings. The quantitative estimate of drug-likeness (QED) is 0.606. The van der Waals surface area contributed by atoms with E-state index in [-0.39, 0.29) is 0 Å². The van der Waals surface area contributed by atoms with Gasteiger partial charge in [0.25, 0.3) is 0 Å². The summed E-state index contributed by atoms with van der Waals surface area (Å²) in [4.78, 5) is 0. The van der Waals surface area contributed by atoms with E-state index in [4.69, 9.17) is 0 Å². The van der Waals surface area contributed by atoms with E-state index < -0.39 is 24.2 Å². The summed E-state index contributed by atoms with van der Waals surface area (Å²) < 4.78 is 0.751. The Bertz CT molecular complexity index is 462. The van der Waals surface area contributed by atoms with Crippen LogP contribution in [0.5, 0.6) is 0 Å². The van der Waals surface area contributed by atoms with Gasteiger partial charge in [-0.25, -0.2) is 0 Å². The van der Waals surface area contributed by atoms with E-state index in [9.17, 15) is 0 Å². The first-order valence-corrected chi connectivity index (χ1v) is 10.7. The van der Waals surface area contributed by atoms with Gasteiger partial charge in [0.1, 0.15) is 0 Å². The summed E-state index contributed by atoms with van der Waals surface area (Å²) in [6, 6.07) is 22.0. The minimum atomic E-state index is -0.914. The van der Waals surface area contributed by atoms with E-state index in [1.165, 1.54) is 11.1 Å². The molecule has 0 amide bonds. The normalized spacial score (nSPS) is 12.4. The van der Waals surface area contributed by atoms with Gasteiger partial charge in [-0.15, -0.1) is 0 Å². The molecule has 0 nitrogen and oxygen atoms in total. The molecule has 0 saturated carbocycles. The monoisotopic (exact) mass is 446 g/mol. The third-order valence-corrected chi connectivity index (χ3v) is 10.7. The molecule has 2 radical (unpaired) electrons. The number of benzene rings is 2. The van der Waals surface area contributed by atoms with Crippen LogP contribution in [-0.2, 0) is 5.95 Å². The summed E-state index contributed by atoms with van der Waals surface area (Å²) in [5.41, 5.74) is 3.00. The zero-order valence-corrected chi connectivity index (χ0v) is 16.2. The molecule has 0 atom stereocenters. The third kappa shape index (κ3) is 3.68. The number of rotatable bonds is 4. The number of hydrogen-bond acceptors (Lipinski definition) is 0. The Morgan fingerprint density at radius 2 is 0.895 bits per heavy atom. The molecule has 0 heterocycles. The van der Waals surface area contributed by atoms with Crippen molar-refractivity contribution in [2.45, 2.75) is 33.6 Å². The van der Waals surface area contributed by atoms with Gasteiger partial charge < -0.3 is 0 Å². The van der Waals surface area contributed by atoms with E-state index in [2.05, 4.69) is 88.4 Å². The van der Waals surface area contributed by atoms with E-state index in [0.717, 1.165) is 0 Å². The third-order valence-electron chi connectivity index (χ3n) is 3.62. The Labute approximate surface area is 129 Å². The average Bonchev–Trinajstić information content (AvgIpc) is 2.40. The van der Waals surface area contributed by atoms with E-state index in [0.29, 0.717) is 5.95 Å². The van der Waals surface area contributed by atoms with Gasteiger partial charge in [-0.2, -0.15) is 0 Å². The predicted octanol–water partition coefficient (Wildman–Crippen LogP) is 4.56. The van der Waals surface area contributed by atoms with E-state index >= 15 is 0 Å². The summed E-state index contributed by atoms with van der Waals surface area (Å²) in [5.74, 6) is 0. The van der Waals surface area contributed by atoms with Gasteiger partial charge in [0, 0.05) is 0 Å². The van der Waals surface area contributed by atoms with Crippen LogP contribution in [0.3, 0.4) is 0 Å². The molecule has 0 unspecified atom stereocenters. The Kier molecular flexibility index (Phi) is 4.49. The Morgan fingerprint density at radius 3 is 1.21 bits per heavy atom. The Balaban J connectivity index is 2.25. The van der Waals surface area contributed by atoms with Crippen molar-refractivity contribution in [3.05, 3.63) is 71.8 Å². The van der Waals surface area contributed by atoms with E-state index in [1.54, 1.807) is 0 Å². The molecule has 1 heteroatoms. The molecule has 98 valence electrons. The van der Waals surface area contributed by atoms with Crippen molar-refractivity contribution >= 4 is 24.2 Å². The standard InChI is InChI=1S/2C9H11.Pb/c2*1-8(2)9-6-4-3-5-7-9;/h2*3-7H,1-2H3;. The van der Waals surface area contributed by atoms with Crippen molar-refractivity contribution in [3.8, 4) is 0 Å². The molecule has 0 aliphatic carbocycles. The summed E-state index contributed by atoms with van der Waals surface area (Å²) in [5, 5.41) is 0. The topological polar surface area (TPSA) is 0 Å². The maximum absolute atomic E-state index is 2.43. The summed E-state index contributed by atoms with van der Waals surface area (Å²) in [6.07, 6.45) is 0. The molecule has 2 aromatic carbocycles. The molecule has 0 N–H and O–H groups in total. The number of hydrogen-bond donors (Lipinski definition) is 0. The van der Waals surface area contributed by atoms with Crippen molar-refractivity contribution < 1.29 is 0 Å². The van der Waals surface area contributed by atoms with Crippen LogP contribution in [0.2, 0.25) is 0 Å². The zero-order chi connectivity index (χ0) is 13.9. The molecule has 0 aliphatic rings. The van der Waals surface area contributed by atoms with Crippen molar-refractivity contribution in [2.24, 2.45) is 0 Å². The van der Waals surface area contributed by atoms with Gasteiger partial charge in [-0.05, 0) is 0 Å². The van der Waals surface area contributed by atoms with Crippen LogP contribution < -0.4 is 0 Å². The summed E-state index contributed by atoms with van der Waals surface area (Å²) in [7, 11) is 0. The molecule has 19 heavy (non-hydrogen) atoms. The minimum absolute atomic E-state index is 0.376. The van der Waals surface area contributed by atoms with E-state index in [1.807, 2.05) is 0 Å². The molecule has 0 bridgehead atoms. The average molecular weight is 446 g/mol. The van der Waals surface area contributed by atoms with Crippen molar-refractivity contribution in [1.29, 1.82) is 0 Å². The SMILES string of the molecule is C[C](C)([Pb][C](C)(C)c1ccccc1)c1ccccc1. The summed E-state index contributed by atoms with van der Waals surface area (Å²) >= 11 is -0.914. The van der Waals surface area contributed by atoms with Crippen LogP contribution >= 0.6 is 0 Å². The first-order valence-electron chi connectivity index (χ1n) is 6.82. The van der Waals surface area contributed by atoms with Gasteiger partial charge in [0.15, 0.2) is 0 Å². The van der Waals surface area contributed by atoms with Gasteiger partial charge in [-0.3, -0.25) is 0 Å². The molecular weight excluding hydrogens is 423 g/mol. The first-order chi connectivity index (χ1) is 8.92. The van der Waals surface area contributed by atoms with Crippen LogP contribution in [0.1, 0.15) is 38.8 Å². The fourth-order valence-electron chi connectivity index (χ4n) is 2.64. The molecule has 0 aromatic heterocycles. The molecule has 2 rings (SSSR count). The molecule has 2 aromatic rings. The Morgan fingerprint density at radius 1 is 0.579 bits per heavy atom. The van der Waals surface area contributed by atoms with Crippen LogP contribution in [0, 0.1) is 0 Å². The molecule has 0 spiro atoms. The van der Waals surface area contributed by atoms with Gasteiger partial charge in [0.2, 0.25) is 0 Å². The van der Waals surface area contributed by atoms with Crippen LogP contribution in [0.15, 0.2) is 60.7 Å². The second kappa shape index (κ2) is 5.78.